The highest BCUT2D eigenvalue weighted by Gasteiger charge is 2.40. The molecule has 122 valence electrons. The Labute approximate surface area is 148 Å². The van der Waals surface area contributed by atoms with Gasteiger partial charge in [0.25, 0.3) is 0 Å². The number of hydrogen-bond acceptors (Lipinski definition) is 4. The Morgan fingerprint density at radius 1 is 1.48 bits per heavy atom. The fourth-order valence-electron chi connectivity index (χ4n) is 2.76. The topological polar surface area (TPSA) is 53.4 Å². The number of aliphatic carboxylic acids is 1. The molecule has 2 aromatic rings. The van der Waals surface area contributed by atoms with Gasteiger partial charge in [-0.1, -0.05) is 23.2 Å². The predicted molar refractivity (Wildman–Crippen MR) is 93.2 cm³/mol. The van der Waals surface area contributed by atoms with Crippen molar-refractivity contribution >= 4 is 40.5 Å². The van der Waals surface area contributed by atoms with Gasteiger partial charge in [-0.15, -0.1) is 11.3 Å². The zero-order valence-corrected chi connectivity index (χ0v) is 14.9. The van der Waals surface area contributed by atoms with Gasteiger partial charge < -0.3 is 5.11 Å². The summed E-state index contributed by atoms with van der Waals surface area (Å²) in [4.78, 5) is 18.1. The van der Waals surface area contributed by atoms with Crippen molar-refractivity contribution < 1.29 is 9.90 Å². The molecule has 4 nitrogen and oxygen atoms in total. The predicted octanol–water partition coefficient (Wildman–Crippen LogP) is 4.41. The van der Waals surface area contributed by atoms with Crippen LogP contribution < -0.4 is 0 Å². The molecule has 0 bridgehead atoms. The van der Waals surface area contributed by atoms with Gasteiger partial charge in [-0.3, -0.25) is 9.69 Å². The molecule has 3 rings (SSSR count). The van der Waals surface area contributed by atoms with E-state index in [1.165, 1.54) is 0 Å². The van der Waals surface area contributed by atoms with Crippen molar-refractivity contribution in [1.29, 1.82) is 0 Å². The third-order valence-corrected chi connectivity index (χ3v) is 5.58. The van der Waals surface area contributed by atoms with Gasteiger partial charge in [0.05, 0.1) is 22.7 Å². The van der Waals surface area contributed by atoms with Gasteiger partial charge in [0.1, 0.15) is 5.01 Å². The molecule has 0 spiro atoms. The molecule has 0 radical (unpaired) electrons. The van der Waals surface area contributed by atoms with Crippen LogP contribution in [0.15, 0.2) is 23.6 Å². The highest BCUT2D eigenvalue weighted by molar-refractivity contribution is 7.09. The van der Waals surface area contributed by atoms with Gasteiger partial charge in [-0.2, -0.15) is 0 Å². The number of benzene rings is 1. The second-order valence-corrected chi connectivity index (χ2v) is 7.86. The van der Waals surface area contributed by atoms with Gasteiger partial charge in [-0.25, -0.2) is 4.98 Å². The molecule has 1 aliphatic heterocycles. The summed E-state index contributed by atoms with van der Waals surface area (Å²) in [6.07, 6.45) is 0.667. The molecule has 1 fully saturated rings. The molecule has 1 aromatic carbocycles. The molecule has 1 aliphatic rings. The number of rotatable bonds is 4. The number of carboxylic acids is 1. The smallest absolute Gasteiger partial charge is 0.310 e. The van der Waals surface area contributed by atoms with E-state index < -0.39 is 11.4 Å². The van der Waals surface area contributed by atoms with E-state index in [9.17, 15) is 9.90 Å². The first-order chi connectivity index (χ1) is 10.9. The molecule has 1 aromatic heterocycles. The molecular formula is C16H16Cl2N2O2S. The summed E-state index contributed by atoms with van der Waals surface area (Å²) in [5.74, 6) is -0.731. The maximum atomic E-state index is 11.3. The molecule has 1 unspecified atom stereocenters. The molecule has 7 heteroatoms. The van der Waals surface area contributed by atoms with Crippen LogP contribution in [0.2, 0.25) is 10.0 Å². The Hall–Kier alpha value is -1.14. The number of hydrogen-bond donors (Lipinski definition) is 1. The Morgan fingerprint density at radius 2 is 2.26 bits per heavy atom. The minimum atomic E-state index is -0.731. The lowest BCUT2D eigenvalue weighted by Gasteiger charge is -2.19. The highest BCUT2D eigenvalue weighted by atomic mass is 35.5. The zero-order chi connectivity index (χ0) is 16.6. The minimum absolute atomic E-state index is 0.551. The molecule has 1 saturated heterocycles. The lowest BCUT2D eigenvalue weighted by Crippen LogP contribution is -2.31. The van der Waals surface area contributed by atoms with Gasteiger partial charge >= 0.3 is 5.97 Å². The van der Waals surface area contributed by atoms with Crippen LogP contribution in [0.3, 0.4) is 0 Å². The van der Waals surface area contributed by atoms with Crippen molar-refractivity contribution in [1.82, 2.24) is 9.88 Å². The normalized spacial score (nSPS) is 21.7. The third-order valence-electron chi connectivity index (χ3n) is 4.18. The van der Waals surface area contributed by atoms with Crippen molar-refractivity contribution in [2.24, 2.45) is 5.41 Å². The summed E-state index contributed by atoms with van der Waals surface area (Å²) in [7, 11) is 0. The largest absolute Gasteiger partial charge is 0.481 e. The first kappa shape index (κ1) is 16.7. The Morgan fingerprint density at radius 3 is 2.96 bits per heavy atom. The molecule has 0 aliphatic carbocycles. The second kappa shape index (κ2) is 6.40. The van der Waals surface area contributed by atoms with E-state index in [2.05, 4.69) is 9.88 Å². The maximum absolute atomic E-state index is 11.3. The molecular weight excluding hydrogens is 355 g/mol. The van der Waals surface area contributed by atoms with Crippen molar-refractivity contribution in [2.75, 3.05) is 13.1 Å². The Balaban J connectivity index is 1.74. The standard InChI is InChI=1S/C16H16Cl2N2O2S/c1-16(15(21)22)4-5-20(9-16)7-14-19-13(8-23-14)11-6-10(17)2-3-12(11)18/h2-3,6,8H,4-5,7,9H2,1H3,(H,21,22). The fraction of sp³-hybridized carbons (Fsp3) is 0.375. The quantitative estimate of drug-likeness (QED) is 0.865. The SMILES string of the molecule is CC1(C(=O)O)CCN(Cc2nc(-c3cc(Cl)ccc3Cl)cs2)C1. The summed E-state index contributed by atoms with van der Waals surface area (Å²) < 4.78 is 0. The number of aromatic nitrogens is 1. The molecule has 2 heterocycles. The zero-order valence-electron chi connectivity index (χ0n) is 12.6. The van der Waals surface area contributed by atoms with Crippen LogP contribution in [-0.4, -0.2) is 34.0 Å². The van der Waals surface area contributed by atoms with E-state index in [-0.39, 0.29) is 0 Å². The highest BCUT2D eigenvalue weighted by Crippen LogP contribution is 2.34. The summed E-state index contributed by atoms with van der Waals surface area (Å²) in [5, 5.41) is 13.4. The lowest BCUT2D eigenvalue weighted by molar-refractivity contribution is -0.147. The minimum Gasteiger partial charge on any atom is -0.481 e. The maximum Gasteiger partial charge on any atom is 0.310 e. The van der Waals surface area contributed by atoms with Crippen LogP contribution in [0.25, 0.3) is 11.3 Å². The van der Waals surface area contributed by atoms with Gasteiger partial charge in [0.2, 0.25) is 0 Å². The third kappa shape index (κ3) is 3.53. The van der Waals surface area contributed by atoms with Crippen LogP contribution >= 0.6 is 34.5 Å². The fourth-order valence-corrected chi connectivity index (χ4v) is 3.98. The van der Waals surface area contributed by atoms with Crippen molar-refractivity contribution in [3.05, 3.63) is 38.6 Å². The number of nitrogens with zero attached hydrogens (tertiary/aromatic N) is 2. The summed E-state index contributed by atoms with van der Waals surface area (Å²) >= 11 is 13.8. The van der Waals surface area contributed by atoms with Gasteiger partial charge in [0, 0.05) is 22.5 Å². The van der Waals surface area contributed by atoms with E-state index in [1.807, 2.05) is 5.38 Å². The number of thiazole rings is 1. The van der Waals surface area contributed by atoms with Crippen molar-refractivity contribution in [3.63, 3.8) is 0 Å². The number of carbonyl (C=O) groups is 1. The Bertz CT molecular complexity index is 749. The summed E-state index contributed by atoms with van der Waals surface area (Å²) in [6, 6.07) is 5.31. The van der Waals surface area contributed by atoms with Crippen molar-refractivity contribution in [2.45, 2.75) is 19.9 Å². The van der Waals surface area contributed by atoms with Crippen molar-refractivity contribution in [3.8, 4) is 11.3 Å². The average Bonchev–Trinajstić information content (AvgIpc) is 3.10. The van der Waals surface area contributed by atoms with Crippen LogP contribution in [0.5, 0.6) is 0 Å². The molecule has 23 heavy (non-hydrogen) atoms. The molecule has 0 saturated carbocycles. The lowest BCUT2D eigenvalue weighted by atomic mass is 9.90. The van der Waals surface area contributed by atoms with E-state index in [0.29, 0.717) is 29.6 Å². The average molecular weight is 371 g/mol. The molecule has 1 atom stereocenters. The number of carboxylic acid groups (broad SMARTS) is 1. The first-order valence-electron chi connectivity index (χ1n) is 7.23. The summed E-state index contributed by atoms with van der Waals surface area (Å²) in [6.45, 7) is 3.78. The van der Waals surface area contributed by atoms with Gasteiger partial charge in [-0.05, 0) is 38.1 Å². The van der Waals surface area contributed by atoms with Crippen LogP contribution in [0, 0.1) is 5.41 Å². The Kier molecular flexibility index (Phi) is 4.65. The molecule has 0 amide bonds. The van der Waals surface area contributed by atoms with E-state index in [4.69, 9.17) is 23.2 Å². The first-order valence-corrected chi connectivity index (χ1v) is 8.86. The summed E-state index contributed by atoms with van der Waals surface area (Å²) in [5.41, 5.74) is 0.965. The van der Waals surface area contributed by atoms with Gasteiger partial charge in [0.15, 0.2) is 0 Å². The van der Waals surface area contributed by atoms with Crippen LogP contribution in [0.1, 0.15) is 18.4 Å². The monoisotopic (exact) mass is 370 g/mol. The van der Waals surface area contributed by atoms with E-state index in [0.717, 1.165) is 22.8 Å². The number of likely N-dealkylation sites (tertiary alicyclic amines) is 1. The van der Waals surface area contributed by atoms with Crippen LogP contribution in [-0.2, 0) is 11.3 Å². The van der Waals surface area contributed by atoms with E-state index in [1.54, 1.807) is 36.5 Å². The molecule has 1 N–H and O–H groups in total. The number of halogens is 2. The van der Waals surface area contributed by atoms with E-state index >= 15 is 0 Å². The van der Waals surface area contributed by atoms with Crippen LogP contribution in [0.4, 0.5) is 0 Å². The second-order valence-electron chi connectivity index (χ2n) is 6.08.